The summed E-state index contributed by atoms with van der Waals surface area (Å²) in [6.45, 7) is 0. The molecule has 1 fully saturated rings. The van der Waals surface area contributed by atoms with Gasteiger partial charge in [0.05, 0.1) is 5.25 Å². The minimum absolute atomic E-state index is 0.00347. The SMILES string of the molecule is [B]SC1CC(=O)N(O)C1=O. The molecule has 2 amide bonds. The van der Waals surface area contributed by atoms with Crippen molar-refractivity contribution in [3.05, 3.63) is 0 Å². The first-order valence-corrected chi connectivity index (χ1v) is 3.52. The molecule has 1 aliphatic heterocycles. The van der Waals surface area contributed by atoms with E-state index in [1.165, 1.54) is 0 Å². The van der Waals surface area contributed by atoms with Gasteiger partial charge in [-0.25, -0.2) is 11.6 Å². The molecule has 0 aromatic heterocycles. The maximum atomic E-state index is 10.7. The first-order chi connectivity index (χ1) is 4.66. The zero-order valence-corrected chi connectivity index (χ0v) is 5.80. The second-order valence-electron chi connectivity index (χ2n) is 1.87. The highest BCUT2D eigenvalue weighted by Crippen LogP contribution is 2.20. The highest BCUT2D eigenvalue weighted by atomic mass is 32.2. The quantitative estimate of drug-likeness (QED) is 0.311. The van der Waals surface area contributed by atoms with E-state index in [4.69, 9.17) is 12.3 Å². The fourth-order valence-electron chi connectivity index (χ4n) is 0.698. The van der Waals surface area contributed by atoms with E-state index >= 15 is 0 Å². The molecule has 52 valence electrons. The van der Waals surface area contributed by atoms with Crippen LogP contribution in [-0.4, -0.2) is 34.5 Å². The van der Waals surface area contributed by atoms with Crippen molar-refractivity contribution in [2.45, 2.75) is 11.7 Å². The predicted molar refractivity (Wildman–Crippen MR) is 35.4 cm³/mol. The fraction of sp³-hybridized carbons (Fsp3) is 0.500. The standard InChI is InChI=1S/C4H4BNO3S/c5-10-2-1-3(7)6(9)4(2)8/h2,9H,1H2. The van der Waals surface area contributed by atoms with Crippen LogP contribution < -0.4 is 0 Å². The molecule has 1 aliphatic rings. The lowest BCUT2D eigenvalue weighted by Gasteiger charge is -2.02. The number of nitrogens with zero attached hydrogens (tertiary/aromatic N) is 1. The molecule has 1 heterocycles. The first kappa shape index (κ1) is 7.62. The van der Waals surface area contributed by atoms with Crippen molar-refractivity contribution in [2.75, 3.05) is 0 Å². The second-order valence-corrected chi connectivity index (χ2v) is 2.71. The van der Waals surface area contributed by atoms with Crippen LogP contribution in [0.15, 0.2) is 0 Å². The molecular formula is C4H4BNO3S. The van der Waals surface area contributed by atoms with E-state index in [1.54, 1.807) is 0 Å². The third kappa shape index (κ3) is 1.04. The number of hydrogen-bond donors (Lipinski definition) is 1. The molecule has 10 heavy (non-hydrogen) atoms. The molecule has 0 aliphatic carbocycles. The highest BCUT2D eigenvalue weighted by Gasteiger charge is 2.36. The number of hydroxylamine groups is 2. The van der Waals surface area contributed by atoms with Crippen LogP contribution in [0.4, 0.5) is 0 Å². The van der Waals surface area contributed by atoms with Crippen LogP contribution in [0, 0.1) is 0 Å². The summed E-state index contributed by atoms with van der Waals surface area (Å²) in [6.07, 6.45) is -0.00347. The zero-order chi connectivity index (χ0) is 7.72. The maximum absolute atomic E-state index is 10.7. The molecule has 0 spiro atoms. The molecule has 2 radical (unpaired) electrons. The zero-order valence-electron chi connectivity index (χ0n) is 4.98. The molecular weight excluding hydrogens is 153 g/mol. The van der Waals surface area contributed by atoms with E-state index in [9.17, 15) is 9.59 Å². The van der Waals surface area contributed by atoms with Crippen LogP contribution >= 0.6 is 11.6 Å². The maximum Gasteiger partial charge on any atom is 0.265 e. The van der Waals surface area contributed by atoms with Gasteiger partial charge in [-0.15, -0.1) is 0 Å². The summed E-state index contributed by atoms with van der Waals surface area (Å²) in [5.74, 6) is -1.22. The summed E-state index contributed by atoms with van der Waals surface area (Å²) in [6, 6.07) is 0. The van der Waals surface area contributed by atoms with Gasteiger partial charge in [-0.1, -0.05) is 0 Å². The smallest absolute Gasteiger partial charge is 0.265 e. The summed E-state index contributed by atoms with van der Waals surface area (Å²) in [7, 11) is 5.05. The van der Waals surface area contributed by atoms with Gasteiger partial charge >= 0.3 is 0 Å². The van der Waals surface area contributed by atoms with Gasteiger partial charge in [0.25, 0.3) is 11.8 Å². The Morgan fingerprint density at radius 2 is 2.30 bits per heavy atom. The Kier molecular flexibility index (Phi) is 2.01. The Morgan fingerprint density at radius 1 is 1.70 bits per heavy atom. The molecule has 0 aromatic carbocycles. The molecule has 0 saturated carbocycles. The van der Waals surface area contributed by atoms with Crippen molar-refractivity contribution in [1.82, 2.24) is 5.06 Å². The number of imide groups is 1. The van der Waals surface area contributed by atoms with Crippen molar-refractivity contribution in [3.8, 4) is 0 Å². The Labute approximate surface area is 62.8 Å². The van der Waals surface area contributed by atoms with Crippen molar-refractivity contribution >= 4 is 30.6 Å². The van der Waals surface area contributed by atoms with Crippen molar-refractivity contribution < 1.29 is 14.8 Å². The lowest BCUT2D eigenvalue weighted by molar-refractivity contribution is -0.170. The van der Waals surface area contributed by atoms with Gasteiger partial charge in [-0.2, -0.15) is 5.06 Å². The second kappa shape index (κ2) is 2.63. The number of rotatable bonds is 1. The van der Waals surface area contributed by atoms with Crippen LogP contribution in [0.3, 0.4) is 0 Å². The summed E-state index contributed by atoms with van der Waals surface area (Å²) < 4.78 is 0. The minimum atomic E-state index is -0.627. The van der Waals surface area contributed by atoms with Gasteiger partial charge in [-0.05, 0) is 0 Å². The molecule has 1 atom stereocenters. The van der Waals surface area contributed by atoms with Gasteiger partial charge in [0.15, 0.2) is 7.12 Å². The lowest BCUT2D eigenvalue weighted by atomic mass is 10.4. The third-order valence-corrected chi connectivity index (χ3v) is 1.94. The lowest BCUT2D eigenvalue weighted by Crippen LogP contribution is -2.27. The Morgan fingerprint density at radius 3 is 2.50 bits per heavy atom. The van der Waals surface area contributed by atoms with Crippen LogP contribution in [0.2, 0.25) is 0 Å². The predicted octanol–water partition coefficient (Wildman–Crippen LogP) is -0.680. The summed E-state index contributed by atoms with van der Waals surface area (Å²) >= 11 is 0.776. The van der Waals surface area contributed by atoms with Gasteiger partial charge in [0.2, 0.25) is 0 Å². The molecule has 1 N–H and O–H groups in total. The largest absolute Gasteiger partial charge is 0.278 e. The Balaban J connectivity index is 2.71. The van der Waals surface area contributed by atoms with Crippen LogP contribution in [-0.2, 0) is 9.59 Å². The van der Waals surface area contributed by atoms with E-state index in [2.05, 4.69) is 0 Å². The molecule has 1 unspecified atom stereocenters. The molecule has 0 aromatic rings. The number of carbonyl (C=O) groups excluding carboxylic acids is 2. The van der Waals surface area contributed by atoms with Gasteiger partial charge in [0, 0.05) is 6.42 Å². The molecule has 0 bridgehead atoms. The monoisotopic (exact) mass is 157 g/mol. The summed E-state index contributed by atoms with van der Waals surface area (Å²) in [5, 5.41) is 8.15. The van der Waals surface area contributed by atoms with Crippen molar-refractivity contribution in [2.24, 2.45) is 0 Å². The van der Waals surface area contributed by atoms with Crippen molar-refractivity contribution in [3.63, 3.8) is 0 Å². The average molecular weight is 157 g/mol. The van der Waals surface area contributed by atoms with Crippen LogP contribution in [0.1, 0.15) is 6.42 Å². The minimum Gasteiger partial charge on any atom is -0.278 e. The van der Waals surface area contributed by atoms with Gasteiger partial charge in [-0.3, -0.25) is 14.8 Å². The topological polar surface area (TPSA) is 57.6 Å². The molecule has 1 rings (SSSR count). The van der Waals surface area contributed by atoms with Crippen molar-refractivity contribution in [1.29, 1.82) is 0 Å². The highest BCUT2D eigenvalue weighted by molar-refractivity contribution is 8.20. The number of amides is 2. The van der Waals surface area contributed by atoms with Crippen LogP contribution in [0.25, 0.3) is 0 Å². The molecule has 1 saturated heterocycles. The number of carbonyl (C=O) groups is 2. The first-order valence-electron chi connectivity index (χ1n) is 2.58. The fourth-order valence-corrected chi connectivity index (χ4v) is 1.15. The normalized spacial score (nSPS) is 26.1. The Hall–Kier alpha value is -0.485. The molecule has 4 nitrogen and oxygen atoms in total. The molecule has 6 heteroatoms. The number of hydrogen-bond acceptors (Lipinski definition) is 4. The van der Waals surface area contributed by atoms with Crippen LogP contribution in [0.5, 0.6) is 0 Å². The van der Waals surface area contributed by atoms with E-state index < -0.39 is 17.1 Å². The Bertz CT molecular complexity index is 185. The van der Waals surface area contributed by atoms with E-state index in [0.29, 0.717) is 0 Å². The van der Waals surface area contributed by atoms with Gasteiger partial charge < -0.3 is 0 Å². The average Bonchev–Trinajstić information content (AvgIpc) is 2.17. The van der Waals surface area contributed by atoms with E-state index in [0.717, 1.165) is 11.6 Å². The van der Waals surface area contributed by atoms with E-state index in [-0.39, 0.29) is 11.5 Å². The van der Waals surface area contributed by atoms with E-state index in [1.807, 2.05) is 0 Å². The third-order valence-electron chi connectivity index (χ3n) is 1.24. The summed E-state index contributed by atoms with van der Waals surface area (Å²) in [4.78, 5) is 21.2. The van der Waals surface area contributed by atoms with Gasteiger partial charge in [0.1, 0.15) is 0 Å². The summed E-state index contributed by atoms with van der Waals surface area (Å²) in [5.41, 5.74) is 0.